The predicted molar refractivity (Wildman–Crippen MR) is 110 cm³/mol. The van der Waals surface area contributed by atoms with Crippen LogP contribution in [0, 0.1) is 0 Å². The fraction of sp³-hybridized carbons (Fsp3) is 0.450. The van der Waals surface area contributed by atoms with Gasteiger partial charge in [0.25, 0.3) is 0 Å². The number of aliphatic carboxylic acids is 1. The van der Waals surface area contributed by atoms with Crippen molar-refractivity contribution in [2.45, 2.75) is 50.0 Å². The predicted octanol–water partition coefficient (Wildman–Crippen LogP) is 4.17. The van der Waals surface area contributed by atoms with E-state index in [9.17, 15) is 9.59 Å². The molecule has 29 heavy (non-hydrogen) atoms. The first-order valence-electron chi connectivity index (χ1n) is 9.43. The number of carboxylic acid groups (broad SMARTS) is 1. The summed E-state index contributed by atoms with van der Waals surface area (Å²) >= 11 is 4.81. The second-order valence-corrected chi connectivity index (χ2v) is 9.06. The number of carbonyl (C=O) groups excluding carboxylic acids is 1. The van der Waals surface area contributed by atoms with Crippen molar-refractivity contribution >= 4 is 39.3 Å². The SMILES string of the molecule is O=C(O)COC1(c2nc(Br)cs2)CC2CCC(C1)N2C(=O)OCc1ccccc1. The van der Waals surface area contributed by atoms with E-state index < -0.39 is 18.2 Å². The highest BCUT2D eigenvalue weighted by atomic mass is 79.9. The van der Waals surface area contributed by atoms with Gasteiger partial charge in [0.2, 0.25) is 0 Å². The zero-order chi connectivity index (χ0) is 20.4. The summed E-state index contributed by atoms with van der Waals surface area (Å²) in [4.78, 5) is 30.3. The molecule has 2 atom stereocenters. The largest absolute Gasteiger partial charge is 0.480 e. The Morgan fingerprint density at radius 3 is 2.52 bits per heavy atom. The second-order valence-electron chi connectivity index (χ2n) is 7.39. The molecule has 154 valence electrons. The molecule has 1 N–H and O–H groups in total. The molecular formula is C20H21BrN2O5S. The first kappa shape index (κ1) is 20.3. The third kappa shape index (κ3) is 4.31. The molecule has 0 spiro atoms. The van der Waals surface area contributed by atoms with Gasteiger partial charge in [-0.2, -0.15) is 0 Å². The molecule has 2 saturated heterocycles. The van der Waals surface area contributed by atoms with E-state index in [-0.39, 0.29) is 24.8 Å². The molecule has 2 fully saturated rings. The number of rotatable bonds is 6. The molecule has 7 nitrogen and oxygen atoms in total. The number of hydrogen-bond donors (Lipinski definition) is 1. The number of halogens is 1. The highest BCUT2D eigenvalue weighted by molar-refractivity contribution is 9.10. The number of thiazole rings is 1. The Labute approximate surface area is 180 Å². The van der Waals surface area contributed by atoms with E-state index in [0.717, 1.165) is 23.4 Å². The standard InChI is InChI=1S/C20H21BrN2O5S/c21-16-12-29-18(22-16)20(28-11-17(24)25)8-14-6-7-15(9-20)23(14)19(26)27-10-13-4-2-1-3-5-13/h1-5,12,14-15H,6-11H2,(H,24,25). The number of carboxylic acids is 1. The summed E-state index contributed by atoms with van der Waals surface area (Å²) in [5, 5.41) is 11.8. The van der Waals surface area contributed by atoms with Crippen molar-refractivity contribution in [2.24, 2.45) is 0 Å². The maximum absolute atomic E-state index is 12.8. The number of piperidine rings is 1. The number of hydrogen-bond acceptors (Lipinski definition) is 6. The minimum atomic E-state index is -1.02. The molecule has 1 amide bonds. The van der Waals surface area contributed by atoms with Crippen LogP contribution in [0.2, 0.25) is 0 Å². The van der Waals surface area contributed by atoms with Crippen LogP contribution >= 0.6 is 27.3 Å². The lowest BCUT2D eigenvalue weighted by Gasteiger charge is -2.44. The van der Waals surface area contributed by atoms with Gasteiger partial charge in [-0.15, -0.1) is 11.3 Å². The van der Waals surface area contributed by atoms with Gasteiger partial charge in [0.15, 0.2) is 0 Å². The van der Waals surface area contributed by atoms with Crippen molar-refractivity contribution in [3.8, 4) is 0 Å². The van der Waals surface area contributed by atoms with Crippen LogP contribution in [0.15, 0.2) is 40.3 Å². The topological polar surface area (TPSA) is 89.0 Å². The molecule has 2 bridgehead atoms. The van der Waals surface area contributed by atoms with Gasteiger partial charge < -0.3 is 19.5 Å². The third-order valence-electron chi connectivity index (χ3n) is 5.50. The van der Waals surface area contributed by atoms with Crippen molar-refractivity contribution in [3.05, 3.63) is 50.9 Å². The average molecular weight is 481 g/mol. The van der Waals surface area contributed by atoms with Crippen LogP contribution in [0.5, 0.6) is 0 Å². The third-order valence-corrected chi connectivity index (χ3v) is 7.24. The van der Waals surface area contributed by atoms with Gasteiger partial charge in [-0.1, -0.05) is 30.3 Å². The summed E-state index contributed by atoms with van der Waals surface area (Å²) in [5.41, 5.74) is 0.147. The average Bonchev–Trinajstić information content (AvgIpc) is 3.27. The van der Waals surface area contributed by atoms with E-state index in [1.807, 2.05) is 40.6 Å². The van der Waals surface area contributed by atoms with E-state index in [1.54, 1.807) is 0 Å². The second kappa shape index (κ2) is 8.41. The smallest absolute Gasteiger partial charge is 0.410 e. The molecule has 3 heterocycles. The first-order chi connectivity index (χ1) is 14.0. The quantitative estimate of drug-likeness (QED) is 0.667. The summed E-state index contributed by atoms with van der Waals surface area (Å²) < 4.78 is 12.2. The lowest BCUT2D eigenvalue weighted by molar-refractivity contribution is -0.157. The molecule has 2 aliphatic heterocycles. The molecule has 0 saturated carbocycles. The highest BCUT2D eigenvalue weighted by Crippen LogP contribution is 2.49. The van der Waals surface area contributed by atoms with Crippen LogP contribution in [0.25, 0.3) is 0 Å². The van der Waals surface area contributed by atoms with Crippen LogP contribution in [-0.4, -0.2) is 45.7 Å². The molecule has 1 aromatic heterocycles. The zero-order valence-electron chi connectivity index (χ0n) is 15.6. The molecule has 2 aliphatic rings. The van der Waals surface area contributed by atoms with E-state index in [1.165, 1.54) is 11.3 Å². The molecule has 1 aromatic carbocycles. The fourth-order valence-electron chi connectivity index (χ4n) is 4.32. The number of amides is 1. The Balaban J connectivity index is 1.50. The lowest BCUT2D eigenvalue weighted by Crippen LogP contribution is -2.53. The Kier molecular flexibility index (Phi) is 5.89. The van der Waals surface area contributed by atoms with Crippen LogP contribution in [0.1, 0.15) is 36.3 Å². The van der Waals surface area contributed by atoms with Gasteiger partial charge in [-0.3, -0.25) is 0 Å². The molecule has 9 heteroatoms. The Morgan fingerprint density at radius 2 is 1.93 bits per heavy atom. The van der Waals surface area contributed by atoms with Crippen molar-refractivity contribution in [1.29, 1.82) is 0 Å². The Bertz CT molecular complexity index is 876. The van der Waals surface area contributed by atoms with Crippen LogP contribution < -0.4 is 0 Å². The van der Waals surface area contributed by atoms with Crippen molar-refractivity contribution in [1.82, 2.24) is 9.88 Å². The number of benzene rings is 1. The Hall–Kier alpha value is -1.97. The van der Waals surface area contributed by atoms with E-state index >= 15 is 0 Å². The molecule has 0 radical (unpaired) electrons. The monoisotopic (exact) mass is 480 g/mol. The van der Waals surface area contributed by atoms with Crippen molar-refractivity contribution < 1.29 is 24.2 Å². The van der Waals surface area contributed by atoms with E-state index in [0.29, 0.717) is 17.4 Å². The zero-order valence-corrected chi connectivity index (χ0v) is 18.0. The van der Waals surface area contributed by atoms with Gasteiger partial charge in [0, 0.05) is 30.3 Å². The Morgan fingerprint density at radius 1 is 1.24 bits per heavy atom. The summed E-state index contributed by atoms with van der Waals surface area (Å²) in [6.45, 7) is -0.162. The van der Waals surface area contributed by atoms with Crippen LogP contribution in [-0.2, 0) is 26.5 Å². The van der Waals surface area contributed by atoms with Crippen molar-refractivity contribution in [2.75, 3.05) is 6.61 Å². The minimum Gasteiger partial charge on any atom is -0.480 e. The van der Waals surface area contributed by atoms with Crippen LogP contribution in [0.3, 0.4) is 0 Å². The maximum atomic E-state index is 12.8. The van der Waals surface area contributed by atoms with E-state index in [4.69, 9.17) is 14.6 Å². The molecule has 0 aliphatic carbocycles. The first-order valence-corrected chi connectivity index (χ1v) is 11.1. The summed E-state index contributed by atoms with van der Waals surface area (Å²) in [6, 6.07) is 9.46. The summed E-state index contributed by atoms with van der Waals surface area (Å²) in [5.74, 6) is -1.02. The van der Waals surface area contributed by atoms with E-state index in [2.05, 4.69) is 20.9 Å². The van der Waals surface area contributed by atoms with Gasteiger partial charge in [-0.05, 0) is 34.3 Å². The van der Waals surface area contributed by atoms with Gasteiger partial charge in [0.1, 0.15) is 28.4 Å². The molecule has 2 unspecified atom stereocenters. The maximum Gasteiger partial charge on any atom is 0.410 e. The molecule has 2 aromatic rings. The minimum absolute atomic E-state index is 0.0616. The number of carbonyl (C=O) groups is 2. The summed E-state index contributed by atoms with van der Waals surface area (Å²) in [6.07, 6.45) is 2.38. The van der Waals surface area contributed by atoms with Gasteiger partial charge in [-0.25, -0.2) is 14.6 Å². The number of nitrogens with zero attached hydrogens (tertiary/aromatic N) is 2. The molecule has 4 rings (SSSR count). The molecular weight excluding hydrogens is 460 g/mol. The number of fused-ring (bicyclic) bond motifs is 2. The summed E-state index contributed by atoms with van der Waals surface area (Å²) in [7, 11) is 0. The van der Waals surface area contributed by atoms with Crippen molar-refractivity contribution in [3.63, 3.8) is 0 Å². The number of aromatic nitrogens is 1. The normalized spacial score (nSPS) is 25.8. The van der Waals surface area contributed by atoms with Gasteiger partial charge >= 0.3 is 12.1 Å². The lowest BCUT2D eigenvalue weighted by atomic mass is 9.86. The number of ether oxygens (including phenoxy) is 2. The van der Waals surface area contributed by atoms with Crippen LogP contribution in [0.4, 0.5) is 4.79 Å². The highest BCUT2D eigenvalue weighted by Gasteiger charge is 2.53. The van der Waals surface area contributed by atoms with Gasteiger partial charge in [0.05, 0.1) is 0 Å². The fourth-order valence-corrected chi connectivity index (χ4v) is 5.74.